The fraction of sp³-hybridized carbons (Fsp3) is 0.308. The number of nitrogens with one attached hydrogen (secondary N) is 2. The van der Waals surface area contributed by atoms with Crippen molar-refractivity contribution >= 4 is 18.0 Å². The van der Waals surface area contributed by atoms with E-state index < -0.39 is 11.8 Å². The van der Waals surface area contributed by atoms with Crippen molar-refractivity contribution in [3.63, 3.8) is 0 Å². The smallest absolute Gasteiger partial charge is 0.329 e. The molecule has 0 aromatic heterocycles. The Hall–Kier alpha value is -2.21. The zero-order valence-electron chi connectivity index (χ0n) is 10.8. The quantitative estimate of drug-likeness (QED) is 0.335. The molecule has 0 saturated carbocycles. The number of hydrogen-bond donors (Lipinski definition) is 2. The summed E-state index contributed by atoms with van der Waals surface area (Å²) in [5.74, 6) is -1.49. The predicted molar refractivity (Wildman–Crippen MR) is 71.7 cm³/mol. The maximum absolute atomic E-state index is 11.3. The Labute approximate surface area is 111 Å². The van der Waals surface area contributed by atoms with E-state index in [9.17, 15) is 9.59 Å². The third-order valence-corrected chi connectivity index (χ3v) is 2.20. The highest BCUT2D eigenvalue weighted by atomic mass is 16.5. The van der Waals surface area contributed by atoms with E-state index in [0.717, 1.165) is 5.56 Å². The summed E-state index contributed by atoms with van der Waals surface area (Å²) in [6, 6.07) is 9.25. The van der Waals surface area contributed by atoms with Gasteiger partial charge in [-0.25, -0.2) is 5.43 Å². The van der Waals surface area contributed by atoms with Gasteiger partial charge in [0.1, 0.15) is 0 Å². The summed E-state index contributed by atoms with van der Waals surface area (Å²) >= 11 is 0. The van der Waals surface area contributed by atoms with Crippen LogP contribution in [0.15, 0.2) is 35.4 Å². The zero-order chi connectivity index (χ0) is 13.9. The van der Waals surface area contributed by atoms with Crippen LogP contribution >= 0.6 is 0 Å². The monoisotopic (exact) mass is 263 g/mol. The van der Waals surface area contributed by atoms with Gasteiger partial charge in [0.2, 0.25) is 0 Å². The Morgan fingerprint density at radius 1 is 1.26 bits per heavy atom. The van der Waals surface area contributed by atoms with Gasteiger partial charge in [-0.15, -0.1) is 0 Å². The number of amides is 2. The Kier molecular flexibility index (Phi) is 6.89. The van der Waals surface area contributed by atoms with Crippen molar-refractivity contribution in [1.82, 2.24) is 10.7 Å². The van der Waals surface area contributed by atoms with Gasteiger partial charge in [0.05, 0.1) is 6.21 Å². The van der Waals surface area contributed by atoms with Gasteiger partial charge in [-0.3, -0.25) is 9.59 Å². The first-order chi connectivity index (χ1) is 9.24. The van der Waals surface area contributed by atoms with Crippen molar-refractivity contribution < 1.29 is 14.3 Å². The second kappa shape index (κ2) is 8.82. The molecule has 0 heterocycles. The summed E-state index contributed by atoms with van der Waals surface area (Å²) in [5.41, 5.74) is 3.00. The molecular weight excluding hydrogens is 246 g/mol. The lowest BCUT2D eigenvalue weighted by Crippen LogP contribution is -2.38. The molecule has 0 aliphatic carbocycles. The molecule has 0 atom stereocenters. The fourth-order valence-electron chi connectivity index (χ4n) is 1.25. The molecule has 1 rings (SSSR count). The van der Waals surface area contributed by atoms with Crippen LogP contribution in [0.5, 0.6) is 0 Å². The van der Waals surface area contributed by atoms with E-state index in [4.69, 9.17) is 4.74 Å². The first-order valence-electron chi connectivity index (χ1n) is 5.89. The molecule has 0 radical (unpaired) electrons. The van der Waals surface area contributed by atoms with Crippen LogP contribution in [-0.4, -0.2) is 38.3 Å². The fourth-order valence-corrected chi connectivity index (χ4v) is 1.25. The molecule has 6 heteroatoms. The van der Waals surface area contributed by atoms with Gasteiger partial charge in [-0.1, -0.05) is 30.3 Å². The average Bonchev–Trinajstić information content (AvgIpc) is 2.44. The van der Waals surface area contributed by atoms with Crippen molar-refractivity contribution in [2.45, 2.75) is 6.42 Å². The molecule has 102 valence electrons. The van der Waals surface area contributed by atoms with Gasteiger partial charge in [-0.2, -0.15) is 5.10 Å². The summed E-state index contributed by atoms with van der Waals surface area (Å²) in [5, 5.41) is 6.16. The Morgan fingerprint density at radius 3 is 2.68 bits per heavy atom. The number of rotatable bonds is 6. The third-order valence-electron chi connectivity index (χ3n) is 2.20. The molecule has 1 aromatic carbocycles. The van der Waals surface area contributed by atoms with E-state index in [-0.39, 0.29) is 0 Å². The lowest BCUT2D eigenvalue weighted by Gasteiger charge is -2.02. The molecule has 6 nitrogen and oxygen atoms in total. The maximum Gasteiger partial charge on any atom is 0.329 e. The highest BCUT2D eigenvalue weighted by molar-refractivity contribution is 6.35. The van der Waals surface area contributed by atoms with Crippen LogP contribution in [0.4, 0.5) is 0 Å². The van der Waals surface area contributed by atoms with Gasteiger partial charge >= 0.3 is 11.8 Å². The van der Waals surface area contributed by atoms with Gasteiger partial charge in [0, 0.05) is 20.3 Å². The molecule has 0 bridgehead atoms. The van der Waals surface area contributed by atoms with Crippen LogP contribution in [0.25, 0.3) is 0 Å². The lowest BCUT2D eigenvalue weighted by molar-refractivity contribution is -0.139. The number of benzene rings is 1. The summed E-state index contributed by atoms with van der Waals surface area (Å²) in [7, 11) is 1.58. The summed E-state index contributed by atoms with van der Waals surface area (Å²) in [4.78, 5) is 22.6. The topological polar surface area (TPSA) is 79.8 Å². The van der Waals surface area contributed by atoms with Crippen molar-refractivity contribution in [3.05, 3.63) is 35.9 Å². The number of ether oxygens (including phenoxy) is 1. The van der Waals surface area contributed by atoms with Crippen LogP contribution in [0.1, 0.15) is 12.0 Å². The molecule has 0 aliphatic rings. The van der Waals surface area contributed by atoms with Gasteiger partial charge in [0.25, 0.3) is 0 Å². The molecule has 1 aromatic rings. The van der Waals surface area contributed by atoms with Crippen LogP contribution < -0.4 is 10.7 Å². The van der Waals surface area contributed by atoms with E-state index in [1.807, 2.05) is 30.3 Å². The van der Waals surface area contributed by atoms with Gasteiger partial charge in [-0.05, 0) is 12.0 Å². The van der Waals surface area contributed by atoms with E-state index in [2.05, 4.69) is 15.8 Å². The maximum atomic E-state index is 11.3. The van der Waals surface area contributed by atoms with Crippen LogP contribution in [-0.2, 0) is 14.3 Å². The van der Waals surface area contributed by atoms with Crippen molar-refractivity contribution in [3.8, 4) is 0 Å². The minimum absolute atomic E-state index is 0.391. The van der Waals surface area contributed by atoms with E-state index in [1.165, 1.54) is 6.21 Å². The number of hydrazone groups is 1. The summed E-state index contributed by atoms with van der Waals surface area (Å²) < 4.78 is 4.82. The number of methoxy groups -OCH3 is 1. The molecule has 2 amide bonds. The highest BCUT2D eigenvalue weighted by Gasteiger charge is 2.10. The standard InChI is InChI=1S/C13H17N3O3/c1-19-9-5-8-14-12(17)13(18)16-15-10-11-6-3-2-4-7-11/h2-4,6-7,10H,5,8-9H2,1H3,(H,14,17)(H,16,18)/b15-10+. The minimum Gasteiger partial charge on any atom is -0.385 e. The number of carbonyl (C=O) groups excluding carboxylic acids is 2. The van der Waals surface area contributed by atoms with E-state index in [0.29, 0.717) is 19.6 Å². The molecule has 0 saturated heterocycles. The molecule has 0 fully saturated rings. The molecule has 2 N–H and O–H groups in total. The summed E-state index contributed by atoms with van der Waals surface area (Å²) in [6.07, 6.45) is 2.12. The number of hydrogen-bond acceptors (Lipinski definition) is 4. The average molecular weight is 263 g/mol. The Bertz CT molecular complexity index is 432. The van der Waals surface area contributed by atoms with E-state index in [1.54, 1.807) is 7.11 Å². The molecule has 19 heavy (non-hydrogen) atoms. The molecule has 0 spiro atoms. The number of carbonyl (C=O) groups is 2. The normalized spacial score (nSPS) is 10.4. The van der Waals surface area contributed by atoms with E-state index >= 15 is 0 Å². The zero-order valence-corrected chi connectivity index (χ0v) is 10.8. The third kappa shape index (κ3) is 6.32. The first-order valence-corrected chi connectivity index (χ1v) is 5.89. The molecule has 0 unspecified atom stereocenters. The minimum atomic E-state index is -0.787. The summed E-state index contributed by atoms with van der Waals surface area (Å²) in [6.45, 7) is 0.927. The van der Waals surface area contributed by atoms with Gasteiger partial charge in [0.15, 0.2) is 0 Å². The molecule has 0 aliphatic heterocycles. The first kappa shape index (κ1) is 14.8. The Morgan fingerprint density at radius 2 is 2.00 bits per heavy atom. The highest BCUT2D eigenvalue weighted by Crippen LogP contribution is 1.92. The second-order valence-corrected chi connectivity index (χ2v) is 3.71. The SMILES string of the molecule is COCCCNC(=O)C(=O)N/N=C/c1ccccc1. The van der Waals surface area contributed by atoms with Crippen molar-refractivity contribution in [2.24, 2.45) is 5.10 Å². The largest absolute Gasteiger partial charge is 0.385 e. The number of nitrogens with zero attached hydrogens (tertiary/aromatic N) is 1. The Balaban J connectivity index is 2.27. The van der Waals surface area contributed by atoms with Crippen LogP contribution in [0.3, 0.4) is 0 Å². The van der Waals surface area contributed by atoms with Crippen molar-refractivity contribution in [1.29, 1.82) is 0 Å². The lowest BCUT2D eigenvalue weighted by atomic mass is 10.2. The van der Waals surface area contributed by atoms with Crippen LogP contribution in [0.2, 0.25) is 0 Å². The van der Waals surface area contributed by atoms with Crippen LogP contribution in [0, 0.1) is 0 Å². The van der Waals surface area contributed by atoms with Gasteiger partial charge < -0.3 is 10.1 Å². The molecular formula is C13H17N3O3. The predicted octanol–water partition coefficient (Wildman–Crippen LogP) is 0.289. The van der Waals surface area contributed by atoms with Crippen molar-refractivity contribution in [2.75, 3.05) is 20.3 Å². The second-order valence-electron chi connectivity index (χ2n) is 3.71.